The molecule has 30 heavy (non-hydrogen) atoms. The van der Waals surface area contributed by atoms with Crippen molar-refractivity contribution in [1.29, 1.82) is 0 Å². The average Bonchev–Trinajstić information content (AvgIpc) is 3.21. The third kappa shape index (κ3) is 3.84. The van der Waals surface area contributed by atoms with Gasteiger partial charge in [0.15, 0.2) is 0 Å². The standard InChI is InChI=1S/C21H24N4O3S2/c1-21(2,3)16-9-7-15(8-10-16)20(26)24-11-13-25(14-12-24)30(27,28)18-6-4-5-17-19(18)23-29-22-17/h4-10H,11-14H2,1-3H3. The van der Waals surface area contributed by atoms with Gasteiger partial charge in [0, 0.05) is 31.7 Å². The van der Waals surface area contributed by atoms with Gasteiger partial charge in [-0.1, -0.05) is 39.0 Å². The summed E-state index contributed by atoms with van der Waals surface area (Å²) in [5.41, 5.74) is 2.80. The van der Waals surface area contributed by atoms with E-state index in [1.807, 2.05) is 24.3 Å². The first-order valence-electron chi connectivity index (χ1n) is 9.79. The van der Waals surface area contributed by atoms with Crippen molar-refractivity contribution in [2.45, 2.75) is 31.1 Å². The van der Waals surface area contributed by atoms with Crippen LogP contribution in [0.2, 0.25) is 0 Å². The molecule has 1 amide bonds. The molecule has 0 bridgehead atoms. The molecule has 1 fully saturated rings. The SMILES string of the molecule is CC(C)(C)c1ccc(C(=O)N2CCN(S(=O)(=O)c3cccc4nsnc34)CC2)cc1. The molecule has 2 aromatic carbocycles. The van der Waals surface area contributed by atoms with Crippen molar-refractivity contribution in [1.82, 2.24) is 18.0 Å². The molecule has 1 saturated heterocycles. The molecular formula is C21H24N4O3S2. The smallest absolute Gasteiger partial charge is 0.253 e. The third-order valence-electron chi connectivity index (χ3n) is 5.39. The highest BCUT2D eigenvalue weighted by molar-refractivity contribution is 7.89. The van der Waals surface area contributed by atoms with E-state index in [-0.39, 0.29) is 29.3 Å². The zero-order valence-electron chi connectivity index (χ0n) is 17.2. The number of fused-ring (bicyclic) bond motifs is 1. The Bertz CT molecular complexity index is 1170. The van der Waals surface area contributed by atoms with Gasteiger partial charge >= 0.3 is 0 Å². The molecule has 9 heteroatoms. The molecule has 0 unspecified atom stereocenters. The van der Waals surface area contributed by atoms with Gasteiger partial charge in [0.25, 0.3) is 5.91 Å². The molecule has 158 valence electrons. The lowest BCUT2D eigenvalue weighted by molar-refractivity contribution is 0.0698. The summed E-state index contributed by atoms with van der Waals surface area (Å²) in [5, 5.41) is 0. The van der Waals surface area contributed by atoms with Gasteiger partial charge in [-0.3, -0.25) is 4.79 Å². The predicted octanol–water partition coefficient (Wildman–Crippen LogP) is 3.14. The molecule has 1 aliphatic rings. The van der Waals surface area contributed by atoms with Crippen LogP contribution < -0.4 is 0 Å². The average molecular weight is 445 g/mol. The quantitative estimate of drug-likeness (QED) is 0.620. The lowest BCUT2D eigenvalue weighted by Crippen LogP contribution is -2.50. The number of aromatic nitrogens is 2. The molecule has 0 aliphatic carbocycles. The zero-order chi connectivity index (χ0) is 21.5. The summed E-state index contributed by atoms with van der Waals surface area (Å²) in [4.78, 5) is 14.8. The number of rotatable bonds is 3. The van der Waals surface area contributed by atoms with Gasteiger partial charge in [-0.25, -0.2) is 8.42 Å². The monoisotopic (exact) mass is 444 g/mol. The van der Waals surface area contributed by atoms with Crippen molar-refractivity contribution in [2.75, 3.05) is 26.2 Å². The maximum absolute atomic E-state index is 13.1. The number of sulfonamides is 1. The fourth-order valence-electron chi connectivity index (χ4n) is 3.56. The van der Waals surface area contributed by atoms with Crippen LogP contribution in [0.1, 0.15) is 36.7 Å². The van der Waals surface area contributed by atoms with Crippen molar-refractivity contribution < 1.29 is 13.2 Å². The highest BCUT2D eigenvalue weighted by Crippen LogP contribution is 2.26. The van der Waals surface area contributed by atoms with Crippen LogP contribution in [-0.2, 0) is 15.4 Å². The molecule has 0 atom stereocenters. The fourth-order valence-corrected chi connectivity index (χ4v) is 5.73. The Labute approximate surface area is 180 Å². The van der Waals surface area contributed by atoms with Gasteiger partial charge in [-0.05, 0) is 35.2 Å². The Morgan fingerprint density at radius 1 is 0.967 bits per heavy atom. The molecule has 1 aliphatic heterocycles. The Morgan fingerprint density at radius 2 is 1.63 bits per heavy atom. The van der Waals surface area contributed by atoms with E-state index in [0.717, 1.165) is 11.7 Å². The maximum atomic E-state index is 13.1. The Kier molecular flexibility index (Phi) is 5.37. The van der Waals surface area contributed by atoms with Crippen LogP contribution >= 0.6 is 11.7 Å². The number of hydrogen-bond donors (Lipinski definition) is 0. The normalized spacial score (nSPS) is 16.2. The Morgan fingerprint density at radius 3 is 2.27 bits per heavy atom. The topological polar surface area (TPSA) is 83.5 Å². The molecule has 7 nitrogen and oxygen atoms in total. The number of benzene rings is 2. The van der Waals surface area contributed by atoms with Gasteiger partial charge in [-0.15, -0.1) is 0 Å². The molecule has 4 rings (SSSR count). The first-order chi connectivity index (χ1) is 14.2. The van der Waals surface area contributed by atoms with Gasteiger partial charge in [-0.2, -0.15) is 13.1 Å². The highest BCUT2D eigenvalue weighted by Gasteiger charge is 2.32. The number of carbonyl (C=O) groups is 1. The van der Waals surface area contributed by atoms with E-state index in [0.29, 0.717) is 29.7 Å². The number of nitrogens with zero attached hydrogens (tertiary/aromatic N) is 4. The van der Waals surface area contributed by atoms with E-state index in [2.05, 4.69) is 29.5 Å². The van der Waals surface area contributed by atoms with Crippen molar-refractivity contribution in [3.8, 4) is 0 Å². The van der Waals surface area contributed by atoms with Crippen molar-refractivity contribution in [3.05, 3.63) is 53.6 Å². The van der Waals surface area contributed by atoms with Crippen molar-refractivity contribution in [3.63, 3.8) is 0 Å². The molecule has 3 aromatic rings. The van der Waals surface area contributed by atoms with Crippen LogP contribution in [0.15, 0.2) is 47.4 Å². The number of carbonyl (C=O) groups excluding carboxylic acids is 1. The first-order valence-corrected chi connectivity index (χ1v) is 12.0. The van der Waals surface area contributed by atoms with Gasteiger partial charge in [0.1, 0.15) is 15.9 Å². The minimum Gasteiger partial charge on any atom is -0.336 e. The summed E-state index contributed by atoms with van der Waals surface area (Å²) in [6.45, 7) is 7.60. The van der Waals surface area contributed by atoms with Crippen LogP contribution in [0.3, 0.4) is 0 Å². The summed E-state index contributed by atoms with van der Waals surface area (Å²) in [5.74, 6) is -0.0710. The largest absolute Gasteiger partial charge is 0.336 e. The third-order valence-corrected chi connectivity index (χ3v) is 7.86. The number of hydrogen-bond acceptors (Lipinski definition) is 6. The van der Waals surface area contributed by atoms with E-state index in [1.54, 1.807) is 23.1 Å². The van der Waals surface area contributed by atoms with Crippen LogP contribution in [0, 0.1) is 0 Å². The highest BCUT2D eigenvalue weighted by atomic mass is 32.2. The Balaban J connectivity index is 1.47. The fraction of sp³-hybridized carbons (Fsp3) is 0.381. The summed E-state index contributed by atoms with van der Waals surface area (Å²) in [6.07, 6.45) is 0. The van der Waals surface area contributed by atoms with Gasteiger partial charge in [0.2, 0.25) is 10.0 Å². The molecule has 2 heterocycles. The minimum atomic E-state index is -3.69. The number of piperazine rings is 1. The van der Waals surface area contributed by atoms with E-state index < -0.39 is 10.0 Å². The van der Waals surface area contributed by atoms with E-state index in [9.17, 15) is 13.2 Å². The second-order valence-electron chi connectivity index (χ2n) is 8.41. The summed E-state index contributed by atoms with van der Waals surface area (Å²) >= 11 is 0.998. The van der Waals surface area contributed by atoms with Gasteiger partial charge in [0.05, 0.1) is 11.7 Å². The lowest BCUT2D eigenvalue weighted by Gasteiger charge is -2.34. The predicted molar refractivity (Wildman–Crippen MR) is 117 cm³/mol. The summed E-state index contributed by atoms with van der Waals surface area (Å²) in [7, 11) is -3.69. The van der Waals surface area contributed by atoms with Crippen LogP contribution in [0.5, 0.6) is 0 Å². The zero-order valence-corrected chi connectivity index (χ0v) is 18.8. The first kappa shape index (κ1) is 20.9. The molecular weight excluding hydrogens is 420 g/mol. The molecule has 0 radical (unpaired) electrons. The Hall–Kier alpha value is -2.36. The molecule has 0 N–H and O–H groups in total. The molecule has 1 aromatic heterocycles. The maximum Gasteiger partial charge on any atom is 0.253 e. The second-order valence-corrected chi connectivity index (χ2v) is 10.8. The summed E-state index contributed by atoms with van der Waals surface area (Å²) in [6, 6.07) is 12.7. The second kappa shape index (κ2) is 7.72. The lowest BCUT2D eigenvalue weighted by atomic mass is 9.86. The minimum absolute atomic E-state index is 0.0250. The van der Waals surface area contributed by atoms with Crippen LogP contribution in [0.25, 0.3) is 11.0 Å². The van der Waals surface area contributed by atoms with Crippen molar-refractivity contribution in [2.24, 2.45) is 0 Å². The van der Waals surface area contributed by atoms with Crippen molar-refractivity contribution >= 4 is 38.7 Å². The summed E-state index contributed by atoms with van der Waals surface area (Å²) < 4.78 is 36.0. The van der Waals surface area contributed by atoms with E-state index in [4.69, 9.17) is 0 Å². The van der Waals surface area contributed by atoms with Crippen LogP contribution in [-0.4, -0.2) is 58.5 Å². The van der Waals surface area contributed by atoms with Gasteiger partial charge < -0.3 is 4.90 Å². The number of amides is 1. The molecule has 0 spiro atoms. The van der Waals surface area contributed by atoms with E-state index in [1.165, 1.54) is 9.87 Å². The van der Waals surface area contributed by atoms with E-state index >= 15 is 0 Å². The van der Waals surface area contributed by atoms with Crippen LogP contribution in [0.4, 0.5) is 0 Å². The molecule has 0 saturated carbocycles.